The molecule has 0 saturated heterocycles. The summed E-state index contributed by atoms with van der Waals surface area (Å²) in [6, 6.07) is 0. The Morgan fingerprint density at radius 3 is 2.47 bits per heavy atom. The lowest BCUT2D eigenvalue weighted by Crippen LogP contribution is -2.35. The minimum absolute atomic E-state index is 0.359. The van der Waals surface area contributed by atoms with Crippen molar-refractivity contribution in [3.63, 3.8) is 0 Å². The monoisotopic (exact) mass is 226 g/mol. The van der Waals surface area contributed by atoms with Crippen molar-refractivity contribution in [1.29, 1.82) is 0 Å². The molecule has 3 rings (SSSR count). The Balaban J connectivity index is 2.06. The summed E-state index contributed by atoms with van der Waals surface area (Å²) in [6.45, 7) is 7.27. The zero-order valence-corrected chi connectivity index (χ0v) is 11.2. The van der Waals surface area contributed by atoms with Gasteiger partial charge in [0.25, 0.3) is 0 Å². The molecule has 0 aromatic rings. The summed E-state index contributed by atoms with van der Waals surface area (Å²) in [5.41, 5.74) is 4.07. The van der Waals surface area contributed by atoms with E-state index >= 15 is 0 Å². The SMILES string of the molecule is CC1(C)CCC(C)(C2C=CC=C2)C2=C1C=CC2. The van der Waals surface area contributed by atoms with Gasteiger partial charge in [0.05, 0.1) is 0 Å². The van der Waals surface area contributed by atoms with Crippen molar-refractivity contribution in [2.75, 3.05) is 0 Å². The first-order valence-corrected chi connectivity index (χ1v) is 6.80. The van der Waals surface area contributed by atoms with E-state index in [0.717, 1.165) is 0 Å². The van der Waals surface area contributed by atoms with Crippen molar-refractivity contribution in [1.82, 2.24) is 0 Å². The van der Waals surface area contributed by atoms with E-state index < -0.39 is 0 Å². The average Bonchev–Trinajstić information content (AvgIpc) is 2.94. The molecule has 90 valence electrons. The van der Waals surface area contributed by atoms with Gasteiger partial charge in [0, 0.05) is 5.92 Å². The highest BCUT2D eigenvalue weighted by molar-refractivity contribution is 5.45. The molecule has 0 bridgehead atoms. The predicted molar refractivity (Wildman–Crippen MR) is 73.7 cm³/mol. The van der Waals surface area contributed by atoms with E-state index in [1.165, 1.54) is 19.3 Å². The topological polar surface area (TPSA) is 0 Å². The van der Waals surface area contributed by atoms with Gasteiger partial charge in [0.2, 0.25) is 0 Å². The molecule has 0 aliphatic heterocycles. The maximum atomic E-state index is 2.47. The third-order valence-corrected chi connectivity index (χ3v) is 5.10. The smallest absolute Gasteiger partial charge is 0.00442 e. The molecule has 0 amide bonds. The highest BCUT2D eigenvalue weighted by Gasteiger charge is 2.44. The van der Waals surface area contributed by atoms with Crippen LogP contribution in [0.25, 0.3) is 0 Å². The normalized spacial score (nSPS) is 34.8. The van der Waals surface area contributed by atoms with E-state index in [9.17, 15) is 0 Å². The third kappa shape index (κ3) is 1.50. The van der Waals surface area contributed by atoms with Crippen molar-refractivity contribution in [3.8, 4) is 0 Å². The van der Waals surface area contributed by atoms with Crippen LogP contribution in [0.5, 0.6) is 0 Å². The molecule has 1 unspecified atom stereocenters. The Hall–Kier alpha value is -1.04. The van der Waals surface area contributed by atoms with Gasteiger partial charge in [0.1, 0.15) is 0 Å². The molecule has 0 spiro atoms. The lowest BCUT2D eigenvalue weighted by molar-refractivity contribution is 0.217. The van der Waals surface area contributed by atoms with Crippen molar-refractivity contribution >= 4 is 0 Å². The van der Waals surface area contributed by atoms with Gasteiger partial charge in [-0.1, -0.05) is 62.8 Å². The van der Waals surface area contributed by atoms with Gasteiger partial charge >= 0.3 is 0 Å². The molecule has 0 saturated carbocycles. The van der Waals surface area contributed by atoms with Crippen LogP contribution in [0.1, 0.15) is 40.0 Å². The fraction of sp³-hybridized carbons (Fsp3) is 0.529. The van der Waals surface area contributed by atoms with Crippen LogP contribution in [0.4, 0.5) is 0 Å². The summed E-state index contributed by atoms with van der Waals surface area (Å²) in [5, 5.41) is 0. The highest BCUT2D eigenvalue weighted by Crippen LogP contribution is 2.56. The third-order valence-electron chi connectivity index (χ3n) is 5.10. The van der Waals surface area contributed by atoms with E-state index in [1.54, 1.807) is 11.1 Å². The molecular weight excluding hydrogens is 204 g/mol. The fourth-order valence-electron chi connectivity index (χ4n) is 3.76. The van der Waals surface area contributed by atoms with Gasteiger partial charge < -0.3 is 0 Å². The molecule has 0 nitrogen and oxygen atoms in total. The van der Waals surface area contributed by atoms with Gasteiger partial charge in [-0.2, -0.15) is 0 Å². The second-order valence-corrected chi connectivity index (χ2v) is 6.60. The number of hydrogen-bond acceptors (Lipinski definition) is 0. The van der Waals surface area contributed by atoms with E-state index in [4.69, 9.17) is 0 Å². The Bertz CT molecular complexity index is 444. The van der Waals surface area contributed by atoms with Gasteiger partial charge in [-0.3, -0.25) is 0 Å². The first kappa shape index (κ1) is 11.1. The summed E-state index contributed by atoms with van der Waals surface area (Å²) in [5.74, 6) is 0.614. The maximum absolute atomic E-state index is 2.47. The predicted octanol–water partition coefficient (Wildman–Crippen LogP) is 4.81. The first-order chi connectivity index (χ1) is 8.04. The molecule has 0 aromatic carbocycles. The molecule has 0 radical (unpaired) electrons. The quantitative estimate of drug-likeness (QED) is 0.602. The van der Waals surface area contributed by atoms with Gasteiger partial charge in [-0.15, -0.1) is 0 Å². The molecule has 17 heavy (non-hydrogen) atoms. The molecule has 0 N–H and O–H groups in total. The van der Waals surface area contributed by atoms with Crippen LogP contribution >= 0.6 is 0 Å². The molecule has 0 heterocycles. The van der Waals surface area contributed by atoms with Gasteiger partial charge in [-0.25, -0.2) is 0 Å². The Labute approximate surface area is 105 Å². The minimum atomic E-state index is 0.359. The molecule has 3 aliphatic carbocycles. The minimum Gasteiger partial charge on any atom is -0.0801 e. The highest BCUT2D eigenvalue weighted by atomic mass is 14.5. The molecule has 0 aromatic heterocycles. The maximum Gasteiger partial charge on any atom is 0.00442 e. The number of rotatable bonds is 1. The van der Waals surface area contributed by atoms with E-state index in [0.29, 0.717) is 16.7 Å². The molecule has 3 aliphatic rings. The molecule has 0 fully saturated rings. The van der Waals surface area contributed by atoms with E-state index in [-0.39, 0.29) is 0 Å². The number of allylic oxidation sites excluding steroid dienone is 8. The zero-order chi connectivity index (χ0) is 12.1. The summed E-state index contributed by atoms with van der Waals surface area (Å²) in [6.07, 6.45) is 17.7. The van der Waals surface area contributed by atoms with E-state index in [2.05, 4.69) is 57.2 Å². The summed E-state index contributed by atoms with van der Waals surface area (Å²) in [7, 11) is 0. The first-order valence-electron chi connectivity index (χ1n) is 6.80. The Kier molecular flexibility index (Phi) is 2.26. The fourth-order valence-corrected chi connectivity index (χ4v) is 3.76. The molecule has 0 heteroatoms. The van der Waals surface area contributed by atoms with Gasteiger partial charge in [-0.05, 0) is 35.7 Å². The van der Waals surface area contributed by atoms with Crippen LogP contribution in [0.15, 0.2) is 47.6 Å². The van der Waals surface area contributed by atoms with Crippen LogP contribution in [0, 0.1) is 16.7 Å². The lowest BCUT2D eigenvalue weighted by Gasteiger charge is -2.45. The lowest BCUT2D eigenvalue weighted by atomic mass is 9.59. The average molecular weight is 226 g/mol. The van der Waals surface area contributed by atoms with Crippen LogP contribution in [-0.2, 0) is 0 Å². The number of hydrogen-bond donors (Lipinski definition) is 0. The van der Waals surface area contributed by atoms with Crippen LogP contribution in [0.2, 0.25) is 0 Å². The van der Waals surface area contributed by atoms with Crippen molar-refractivity contribution in [2.24, 2.45) is 16.7 Å². The second-order valence-electron chi connectivity index (χ2n) is 6.60. The molecular formula is C17H22. The van der Waals surface area contributed by atoms with Gasteiger partial charge in [0.15, 0.2) is 0 Å². The zero-order valence-electron chi connectivity index (χ0n) is 11.2. The van der Waals surface area contributed by atoms with Crippen LogP contribution in [0.3, 0.4) is 0 Å². The van der Waals surface area contributed by atoms with Crippen molar-refractivity contribution in [2.45, 2.75) is 40.0 Å². The second kappa shape index (κ2) is 3.48. The van der Waals surface area contributed by atoms with E-state index in [1.807, 2.05) is 0 Å². The largest absolute Gasteiger partial charge is 0.0801 e. The summed E-state index contributed by atoms with van der Waals surface area (Å²) >= 11 is 0. The Morgan fingerprint density at radius 2 is 1.76 bits per heavy atom. The van der Waals surface area contributed by atoms with Crippen molar-refractivity contribution in [3.05, 3.63) is 47.6 Å². The Morgan fingerprint density at radius 1 is 1.06 bits per heavy atom. The summed E-state index contributed by atoms with van der Waals surface area (Å²) < 4.78 is 0. The van der Waals surface area contributed by atoms with Crippen LogP contribution in [-0.4, -0.2) is 0 Å². The molecule has 1 atom stereocenters. The standard InChI is InChI=1S/C17H22/c1-16(2)11-12-17(3,13-7-4-5-8-13)15-10-6-9-14(15)16/h4-9,13H,10-12H2,1-3H3. The van der Waals surface area contributed by atoms with Crippen molar-refractivity contribution < 1.29 is 0 Å². The van der Waals surface area contributed by atoms with Crippen LogP contribution < -0.4 is 0 Å². The summed E-state index contributed by atoms with van der Waals surface area (Å²) in [4.78, 5) is 0.